The molecule has 0 fully saturated rings. The van der Waals surface area contributed by atoms with Crippen molar-refractivity contribution in [3.8, 4) is 40.9 Å². The number of hydrogen-bond donors (Lipinski definition) is 0. The van der Waals surface area contributed by atoms with Crippen molar-refractivity contribution in [3.05, 3.63) is 143 Å². The van der Waals surface area contributed by atoms with Crippen LogP contribution in [0, 0.1) is 30.6 Å². The molecule has 0 aliphatic carbocycles. The van der Waals surface area contributed by atoms with Crippen molar-refractivity contribution in [2.24, 2.45) is 0 Å². The van der Waals surface area contributed by atoms with E-state index in [9.17, 15) is 9.59 Å². The van der Waals surface area contributed by atoms with Gasteiger partial charge in [0, 0.05) is 33.9 Å². The van der Waals surface area contributed by atoms with Crippen molar-refractivity contribution >= 4 is 18.0 Å². The van der Waals surface area contributed by atoms with Crippen LogP contribution in [0.1, 0.15) is 66.0 Å². The SMILES string of the molecule is C=C(C)C(=O)OCCCCCCOc1ccc(C#Cc2ccc(C#Cc3ccc(OC(=O)/C=C/c4ccc(OC)cc4)cc3)c(C)c2)cc1. The van der Waals surface area contributed by atoms with E-state index < -0.39 is 5.97 Å². The molecule has 6 nitrogen and oxygen atoms in total. The minimum atomic E-state index is -0.462. The molecule has 248 valence electrons. The Balaban J connectivity index is 1.20. The molecular formula is C43H40O6. The summed E-state index contributed by atoms with van der Waals surface area (Å²) in [6, 6.07) is 28.2. The lowest BCUT2D eigenvalue weighted by Crippen LogP contribution is -2.06. The lowest BCUT2D eigenvalue weighted by Gasteiger charge is -2.07. The average molecular weight is 653 g/mol. The first kappa shape index (κ1) is 35.9. The highest BCUT2D eigenvalue weighted by Gasteiger charge is 2.03. The fourth-order valence-electron chi connectivity index (χ4n) is 4.47. The molecule has 4 rings (SSSR count). The van der Waals surface area contributed by atoms with Gasteiger partial charge in [0.2, 0.25) is 0 Å². The van der Waals surface area contributed by atoms with E-state index in [1.165, 1.54) is 6.08 Å². The van der Waals surface area contributed by atoms with Crippen LogP contribution >= 0.6 is 0 Å². The Bertz CT molecular complexity index is 1880. The highest BCUT2D eigenvalue weighted by atomic mass is 16.5. The van der Waals surface area contributed by atoms with Crippen LogP contribution in [0.15, 0.2) is 109 Å². The quantitative estimate of drug-likeness (QED) is 0.0475. The number of hydrogen-bond acceptors (Lipinski definition) is 6. The van der Waals surface area contributed by atoms with E-state index in [-0.39, 0.29) is 5.97 Å². The van der Waals surface area contributed by atoms with E-state index in [4.69, 9.17) is 18.9 Å². The molecule has 4 aromatic carbocycles. The van der Waals surface area contributed by atoms with E-state index in [0.29, 0.717) is 24.5 Å². The van der Waals surface area contributed by atoms with Crippen molar-refractivity contribution < 1.29 is 28.5 Å². The first-order valence-electron chi connectivity index (χ1n) is 16.1. The Morgan fingerprint density at radius 2 is 1.27 bits per heavy atom. The molecule has 0 aliphatic rings. The lowest BCUT2D eigenvalue weighted by molar-refractivity contribution is -0.139. The largest absolute Gasteiger partial charge is 0.497 e. The summed E-state index contributed by atoms with van der Waals surface area (Å²) in [5, 5.41) is 0. The van der Waals surface area contributed by atoms with Crippen molar-refractivity contribution in [2.75, 3.05) is 20.3 Å². The third-order valence-corrected chi connectivity index (χ3v) is 7.26. The highest BCUT2D eigenvalue weighted by molar-refractivity contribution is 5.88. The Kier molecular flexibility index (Phi) is 13.9. The minimum Gasteiger partial charge on any atom is -0.497 e. The van der Waals surface area contributed by atoms with Crippen molar-refractivity contribution in [1.82, 2.24) is 0 Å². The summed E-state index contributed by atoms with van der Waals surface area (Å²) in [6.45, 7) is 8.30. The van der Waals surface area contributed by atoms with Gasteiger partial charge in [0.25, 0.3) is 0 Å². The molecule has 0 N–H and O–H groups in total. The predicted molar refractivity (Wildman–Crippen MR) is 193 cm³/mol. The first-order chi connectivity index (χ1) is 23.8. The molecule has 0 spiro atoms. The zero-order valence-corrected chi connectivity index (χ0v) is 28.2. The number of esters is 2. The van der Waals surface area contributed by atoms with Gasteiger partial charge in [-0.15, -0.1) is 0 Å². The van der Waals surface area contributed by atoms with Gasteiger partial charge in [-0.3, -0.25) is 0 Å². The predicted octanol–water partition coefficient (Wildman–Crippen LogP) is 8.48. The summed E-state index contributed by atoms with van der Waals surface area (Å²) < 4.78 is 21.5. The monoisotopic (exact) mass is 652 g/mol. The minimum absolute atomic E-state index is 0.329. The maximum atomic E-state index is 12.2. The maximum Gasteiger partial charge on any atom is 0.336 e. The Morgan fingerprint density at radius 1 is 0.694 bits per heavy atom. The molecular weight excluding hydrogens is 612 g/mol. The Hall–Kier alpha value is -5.98. The molecule has 4 aromatic rings. The van der Waals surface area contributed by atoms with Crippen molar-refractivity contribution in [3.63, 3.8) is 0 Å². The van der Waals surface area contributed by atoms with Crippen molar-refractivity contribution in [1.29, 1.82) is 0 Å². The van der Waals surface area contributed by atoms with E-state index in [1.807, 2.05) is 85.8 Å². The van der Waals surface area contributed by atoms with Crippen LogP contribution in [-0.4, -0.2) is 32.3 Å². The van der Waals surface area contributed by atoms with Gasteiger partial charge in [-0.05, 0) is 136 Å². The number of ether oxygens (including phenoxy) is 4. The summed E-state index contributed by atoms with van der Waals surface area (Å²) >= 11 is 0. The van der Waals surface area contributed by atoms with E-state index in [1.54, 1.807) is 32.2 Å². The van der Waals surface area contributed by atoms with Gasteiger partial charge in [0.15, 0.2) is 0 Å². The third-order valence-electron chi connectivity index (χ3n) is 7.26. The second-order valence-corrected chi connectivity index (χ2v) is 11.3. The smallest absolute Gasteiger partial charge is 0.336 e. The van der Waals surface area contributed by atoms with E-state index >= 15 is 0 Å². The summed E-state index contributed by atoms with van der Waals surface area (Å²) in [4.78, 5) is 23.6. The fourth-order valence-corrected chi connectivity index (χ4v) is 4.47. The summed E-state index contributed by atoms with van der Waals surface area (Å²) in [5.74, 6) is 14.1. The van der Waals surface area contributed by atoms with Crippen LogP contribution in [0.3, 0.4) is 0 Å². The van der Waals surface area contributed by atoms with E-state index in [0.717, 1.165) is 70.6 Å². The number of aryl methyl sites for hydroxylation is 1. The molecule has 0 aliphatic heterocycles. The number of rotatable bonds is 13. The second kappa shape index (κ2) is 19.0. The Morgan fingerprint density at radius 3 is 1.90 bits per heavy atom. The van der Waals surface area contributed by atoms with Gasteiger partial charge in [-0.25, -0.2) is 9.59 Å². The molecule has 0 atom stereocenters. The molecule has 0 heterocycles. The van der Waals surface area contributed by atoms with Gasteiger partial charge in [-0.1, -0.05) is 42.4 Å². The first-order valence-corrected chi connectivity index (χ1v) is 16.1. The number of benzene rings is 4. The number of unbranched alkanes of at least 4 members (excludes halogenated alkanes) is 3. The Labute approximate surface area is 289 Å². The van der Waals surface area contributed by atoms with Crippen LogP contribution in [0.2, 0.25) is 0 Å². The summed E-state index contributed by atoms with van der Waals surface area (Å²) in [6.07, 6.45) is 6.84. The molecule has 0 amide bonds. The molecule has 0 saturated carbocycles. The maximum absolute atomic E-state index is 12.2. The van der Waals surface area contributed by atoms with Crippen LogP contribution in [0.5, 0.6) is 17.2 Å². The van der Waals surface area contributed by atoms with Gasteiger partial charge >= 0.3 is 11.9 Å². The van der Waals surface area contributed by atoms with E-state index in [2.05, 4.69) is 30.3 Å². The number of methoxy groups -OCH3 is 1. The molecule has 0 saturated heterocycles. The van der Waals surface area contributed by atoms with Crippen LogP contribution in [0.25, 0.3) is 6.08 Å². The van der Waals surface area contributed by atoms with Gasteiger partial charge in [-0.2, -0.15) is 0 Å². The summed E-state index contributed by atoms with van der Waals surface area (Å²) in [7, 11) is 1.61. The molecule has 6 heteroatoms. The number of carbonyl (C=O) groups excluding carboxylic acids is 2. The molecule has 0 bridgehead atoms. The number of carbonyl (C=O) groups is 2. The van der Waals surface area contributed by atoms with Crippen LogP contribution in [0.4, 0.5) is 0 Å². The van der Waals surface area contributed by atoms with Gasteiger partial charge in [0.05, 0.1) is 20.3 Å². The zero-order chi connectivity index (χ0) is 34.8. The van der Waals surface area contributed by atoms with Gasteiger partial charge < -0.3 is 18.9 Å². The molecule has 49 heavy (non-hydrogen) atoms. The molecule has 0 unspecified atom stereocenters. The third kappa shape index (κ3) is 12.6. The molecule has 0 radical (unpaired) electrons. The zero-order valence-electron chi connectivity index (χ0n) is 28.2. The van der Waals surface area contributed by atoms with Crippen LogP contribution in [-0.2, 0) is 14.3 Å². The average Bonchev–Trinajstić information content (AvgIpc) is 3.11. The molecule has 0 aromatic heterocycles. The normalized spacial score (nSPS) is 10.3. The highest BCUT2D eigenvalue weighted by Crippen LogP contribution is 2.16. The van der Waals surface area contributed by atoms with Crippen molar-refractivity contribution in [2.45, 2.75) is 39.5 Å². The second-order valence-electron chi connectivity index (χ2n) is 11.3. The summed E-state index contributed by atoms with van der Waals surface area (Å²) in [5.41, 5.74) is 5.86. The van der Waals surface area contributed by atoms with Crippen LogP contribution < -0.4 is 14.2 Å². The topological polar surface area (TPSA) is 71.1 Å². The standard InChI is InChI=1S/C43H40O6/c1-32(2)43(45)48-30-8-6-5-7-29-47-40-24-15-34(16-25-40)9-10-37-12-21-38(33(3)31-37)20-11-35-17-26-41(27-18-35)49-42(44)28-19-36-13-22-39(46-4)23-14-36/h12-19,21-28,31H,1,5-8,29-30H2,2-4H3/b28-19+. The fraction of sp³-hybridized carbons (Fsp3) is 0.209. The van der Waals surface area contributed by atoms with Gasteiger partial charge in [0.1, 0.15) is 17.2 Å². The lowest BCUT2D eigenvalue weighted by atomic mass is 10.0.